The van der Waals surface area contributed by atoms with Gasteiger partial charge in [-0.3, -0.25) is 0 Å². The van der Waals surface area contributed by atoms with Crippen LogP contribution >= 0.6 is 11.6 Å². The predicted octanol–water partition coefficient (Wildman–Crippen LogP) is 14.8. The van der Waals surface area contributed by atoms with E-state index in [1.54, 1.807) is 0 Å². The highest BCUT2D eigenvalue weighted by Crippen LogP contribution is 2.50. The monoisotopic (exact) mass is 717 g/mol. The number of benzene rings is 4. The molecule has 4 aliphatic rings. The van der Waals surface area contributed by atoms with Crippen LogP contribution in [0.1, 0.15) is 97.0 Å². The molecule has 2 atom stereocenters. The summed E-state index contributed by atoms with van der Waals surface area (Å²) in [5.41, 5.74) is 10.1. The van der Waals surface area contributed by atoms with Crippen LogP contribution < -0.4 is 4.74 Å². The second-order valence-electron chi connectivity index (χ2n) is 18.1. The molecule has 0 saturated carbocycles. The maximum absolute atomic E-state index is 7.51. The zero-order chi connectivity index (χ0) is 36.6. The lowest BCUT2D eigenvalue weighted by molar-refractivity contribution is 0.223. The zero-order valence-electron chi connectivity index (χ0n) is 32.0. The summed E-state index contributed by atoms with van der Waals surface area (Å²) < 4.78 is 13.7. The van der Waals surface area contributed by atoms with E-state index in [0.717, 1.165) is 72.8 Å². The summed E-state index contributed by atoms with van der Waals surface area (Å²) in [5.74, 6) is 4.00. The summed E-state index contributed by atoms with van der Waals surface area (Å²) in [6.45, 7) is 14.3. The fourth-order valence-electron chi connectivity index (χ4n) is 9.16. The van der Waals surface area contributed by atoms with Crippen molar-refractivity contribution in [1.29, 1.82) is 0 Å². The van der Waals surface area contributed by atoms with Crippen LogP contribution in [0.3, 0.4) is 0 Å². The van der Waals surface area contributed by atoms with Crippen molar-refractivity contribution >= 4 is 55.8 Å². The van der Waals surface area contributed by atoms with Gasteiger partial charge in [0.25, 0.3) is 0 Å². The third-order valence-electron chi connectivity index (χ3n) is 12.6. The van der Waals surface area contributed by atoms with E-state index in [0.29, 0.717) is 11.8 Å². The summed E-state index contributed by atoms with van der Waals surface area (Å²) in [6.07, 6.45) is 14.2. The molecular formula is C50H50ClO2+. The number of hydrogen-bond acceptors (Lipinski definition) is 1. The first-order valence-electron chi connectivity index (χ1n) is 19.6. The van der Waals surface area contributed by atoms with Gasteiger partial charge in [0.2, 0.25) is 0 Å². The Bertz CT molecular complexity index is 2490. The van der Waals surface area contributed by atoms with Crippen LogP contribution in [0.25, 0.3) is 44.2 Å². The van der Waals surface area contributed by atoms with Crippen molar-refractivity contribution in [2.75, 3.05) is 0 Å². The van der Waals surface area contributed by atoms with Gasteiger partial charge in [-0.25, -0.2) is 4.42 Å². The number of hydrogen-bond donors (Lipinski definition) is 0. The van der Waals surface area contributed by atoms with Gasteiger partial charge in [-0.2, -0.15) is 0 Å². The third kappa shape index (κ3) is 6.27. The minimum Gasteiger partial charge on any atom is -0.456 e. The smallest absolute Gasteiger partial charge is 0.361 e. The Labute approximate surface area is 319 Å². The van der Waals surface area contributed by atoms with Crippen molar-refractivity contribution in [3.8, 4) is 5.75 Å². The van der Waals surface area contributed by atoms with Gasteiger partial charge >= 0.3 is 11.3 Å². The average molecular weight is 718 g/mol. The summed E-state index contributed by atoms with van der Waals surface area (Å²) in [5, 5.41) is 7.07. The van der Waals surface area contributed by atoms with E-state index in [2.05, 4.69) is 139 Å². The molecule has 2 heterocycles. The molecule has 3 aliphatic carbocycles. The van der Waals surface area contributed by atoms with Crippen LogP contribution in [0.5, 0.6) is 5.75 Å². The molecule has 1 aromatic heterocycles. The number of rotatable bonds is 2. The molecule has 0 spiro atoms. The van der Waals surface area contributed by atoms with Gasteiger partial charge in [-0.1, -0.05) is 114 Å². The first-order chi connectivity index (χ1) is 25.4. The van der Waals surface area contributed by atoms with Crippen LogP contribution in [-0.4, -0.2) is 0 Å². The maximum atomic E-state index is 7.51. The molecule has 0 N–H and O–H groups in total. The molecule has 53 heavy (non-hydrogen) atoms. The number of fused-ring (bicyclic) bond motifs is 8. The van der Waals surface area contributed by atoms with Crippen molar-refractivity contribution in [2.24, 2.45) is 22.7 Å². The lowest BCUT2D eigenvalue weighted by Crippen LogP contribution is -2.27. The second-order valence-corrected chi connectivity index (χ2v) is 18.5. The zero-order valence-corrected chi connectivity index (χ0v) is 32.8. The molecule has 2 nitrogen and oxygen atoms in total. The first kappa shape index (κ1) is 34.4. The molecule has 268 valence electrons. The van der Waals surface area contributed by atoms with Gasteiger partial charge < -0.3 is 4.74 Å². The Morgan fingerprint density at radius 2 is 1.36 bits per heavy atom. The highest BCUT2D eigenvalue weighted by molar-refractivity contribution is 6.32. The molecule has 0 radical (unpaired) electrons. The molecule has 4 aromatic carbocycles. The lowest BCUT2D eigenvalue weighted by atomic mass is 9.69. The SMILES string of the molecule is CC(C)(C)C1CC2=Cc3c(ccc4ccccc34)OC2=C(C=C2CCCC(C=C3CC(C(C)(C)C)Cc4cc5c(ccc6ccccc65)[o+]c43)=C2Cl)C1. The van der Waals surface area contributed by atoms with E-state index in [1.807, 2.05) is 0 Å². The van der Waals surface area contributed by atoms with E-state index in [-0.39, 0.29) is 10.8 Å². The maximum Gasteiger partial charge on any atom is 0.361 e. The van der Waals surface area contributed by atoms with Gasteiger partial charge in [0.1, 0.15) is 11.5 Å². The molecule has 0 fully saturated rings. The highest BCUT2D eigenvalue weighted by Gasteiger charge is 2.39. The van der Waals surface area contributed by atoms with Crippen LogP contribution in [0.2, 0.25) is 0 Å². The molecular weight excluding hydrogens is 668 g/mol. The fourth-order valence-corrected chi connectivity index (χ4v) is 9.45. The van der Waals surface area contributed by atoms with Gasteiger partial charge in [0, 0.05) is 16.7 Å². The van der Waals surface area contributed by atoms with E-state index in [1.165, 1.54) is 65.9 Å². The molecule has 3 heteroatoms. The third-order valence-corrected chi connectivity index (χ3v) is 13.0. The Hall–Kier alpha value is -4.40. The van der Waals surface area contributed by atoms with Crippen molar-refractivity contribution in [3.05, 3.63) is 141 Å². The summed E-state index contributed by atoms with van der Waals surface area (Å²) in [7, 11) is 0. The Kier molecular flexibility index (Phi) is 8.35. The van der Waals surface area contributed by atoms with E-state index >= 15 is 0 Å². The van der Waals surface area contributed by atoms with Gasteiger partial charge in [0.15, 0.2) is 0 Å². The number of ether oxygens (including phenoxy) is 1. The lowest BCUT2D eigenvalue weighted by Gasteiger charge is -2.38. The van der Waals surface area contributed by atoms with Crippen molar-refractivity contribution in [2.45, 2.75) is 86.5 Å². The van der Waals surface area contributed by atoms with E-state index in [4.69, 9.17) is 20.8 Å². The molecule has 9 rings (SSSR count). The number of halogens is 1. The summed E-state index contributed by atoms with van der Waals surface area (Å²) in [4.78, 5) is 0. The van der Waals surface area contributed by atoms with Crippen molar-refractivity contribution < 1.29 is 9.15 Å². The Morgan fingerprint density at radius 1 is 0.679 bits per heavy atom. The van der Waals surface area contributed by atoms with E-state index < -0.39 is 0 Å². The quantitative estimate of drug-likeness (QED) is 0.134. The summed E-state index contributed by atoms with van der Waals surface area (Å²) >= 11 is 7.51. The minimum absolute atomic E-state index is 0.162. The van der Waals surface area contributed by atoms with Crippen molar-refractivity contribution in [1.82, 2.24) is 0 Å². The molecule has 0 bridgehead atoms. The largest absolute Gasteiger partial charge is 0.456 e. The standard InChI is InChI=1S/C50H50ClO2/c1-49(2,3)38-24-34(47-36(26-38)28-42-40-16-9-7-12-30(40)18-20-44(42)52-47)22-32-14-11-15-33(46(32)51)23-35-25-39(50(4,5)6)27-37-29-43-41-17-10-8-13-31(41)19-21-45(43)53-48(35)37/h7-10,12-13,16-23,28-29,38-39H,11,14-15,24-27H2,1-6H3/q+1. The van der Waals surface area contributed by atoms with Crippen LogP contribution in [-0.2, 0) is 6.42 Å². The fraction of sp³-hybridized carbons (Fsp3) is 0.340. The van der Waals surface area contributed by atoms with Crippen molar-refractivity contribution in [3.63, 3.8) is 0 Å². The second kappa shape index (κ2) is 12.9. The van der Waals surface area contributed by atoms with Gasteiger partial charge in [-0.05, 0) is 142 Å². The topological polar surface area (TPSA) is 20.5 Å². The normalized spacial score (nSPS) is 22.3. The van der Waals surface area contributed by atoms with Gasteiger partial charge in [0.05, 0.1) is 16.5 Å². The van der Waals surface area contributed by atoms with E-state index in [9.17, 15) is 0 Å². The summed E-state index contributed by atoms with van der Waals surface area (Å²) in [6, 6.07) is 28.3. The average Bonchev–Trinajstić information content (AvgIpc) is 3.14. The number of allylic oxidation sites excluding steroid dienone is 8. The molecule has 1 aliphatic heterocycles. The molecule has 5 aromatic rings. The Morgan fingerprint density at radius 3 is 2.13 bits per heavy atom. The van der Waals surface area contributed by atoms with Gasteiger partial charge in [-0.15, -0.1) is 0 Å². The van der Waals surface area contributed by atoms with Crippen LogP contribution in [0.15, 0.2) is 129 Å². The molecule has 0 saturated heterocycles. The van der Waals surface area contributed by atoms with Crippen LogP contribution in [0.4, 0.5) is 0 Å². The van der Waals surface area contributed by atoms with Crippen LogP contribution in [0, 0.1) is 22.7 Å². The predicted molar refractivity (Wildman–Crippen MR) is 224 cm³/mol. The molecule has 2 unspecified atom stereocenters. The minimum atomic E-state index is 0.162. The molecule has 0 amide bonds. The Balaban J connectivity index is 1.15. The highest BCUT2D eigenvalue weighted by atomic mass is 35.5. The first-order valence-corrected chi connectivity index (χ1v) is 20.0.